The molecule has 0 aliphatic carbocycles. The number of hydrogen-bond donors (Lipinski definition) is 1. The molecule has 0 spiro atoms. The minimum atomic E-state index is -0.941. The first-order valence-corrected chi connectivity index (χ1v) is 7.19. The number of amides is 1. The molecule has 0 radical (unpaired) electrons. The van der Waals surface area contributed by atoms with Crippen LogP contribution in [0.15, 0.2) is 30.5 Å². The number of piperazine rings is 1. The van der Waals surface area contributed by atoms with Crippen molar-refractivity contribution in [3.63, 3.8) is 0 Å². The molecule has 0 saturated carbocycles. The third-order valence-corrected chi connectivity index (χ3v) is 4.04. The van der Waals surface area contributed by atoms with Crippen LogP contribution < -0.4 is 4.90 Å². The summed E-state index contributed by atoms with van der Waals surface area (Å²) in [5.41, 5.74) is 0.281. The molecule has 1 fully saturated rings. The Morgan fingerprint density at radius 2 is 1.82 bits per heavy atom. The van der Waals surface area contributed by atoms with E-state index in [4.69, 9.17) is 0 Å². The van der Waals surface area contributed by atoms with Crippen LogP contribution in [0.2, 0.25) is 0 Å². The maximum atomic E-state index is 11.4. The summed E-state index contributed by atoms with van der Waals surface area (Å²) in [6.07, 6.45) is 1.64. The van der Waals surface area contributed by atoms with Gasteiger partial charge in [0.15, 0.2) is 0 Å². The normalized spacial score (nSPS) is 15.1. The number of carbonyl (C=O) groups is 2. The summed E-state index contributed by atoms with van der Waals surface area (Å²) >= 11 is 0. The number of aromatic nitrogens is 1. The molecular formula is C16H17N3O3. The lowest BCUT2D eigenvalue weighted by Gasteiger charge is -2.35. The quantitative estimate of drug-likeness (QED) is 0.912. The van der Waals surface area contributed by atoms with Crippen LogP contribution in [0.1, 0.15) is 17.3 Å². The van der Waals surface area contributed by atoms with Crippen LogP contribution >= 0.6 is 0 Å². The Balaban J connectivity index is 1.97. The number of rotatable bonds is 2. The first-order chi connectivity index (χ1) is 10.6. The summed E-state index contributed by atoms with van der Waals surface area (Å²) in [4.78, 5) is 31.1. The minimum absolute atomic E-state index is 0.0821. The molecule has 2 heterocycles. The van der Waals surface area contributed by atoms with Crippen molar-refractivity contribution in [1.29, 1.82) is 0 Å². The number of hydrogen-bond acceptors (Lipinski definition) is 4. The highest BCUT2D eigenvalue weighted by molar-refractivity contribution is 6.06. The molecule has 1 aliphatic rings. The molecule has 6 heteroatoms. The third-order valence-electron chi connectivity index (χ3n) is 4.04. The maximum Gasteiger partial charge on any atom is 0.336 e. The van der Waals surface area contributed by atoms with E-state index >= 15 is 0 Å². The third kappa shape index (κ3) is 2.47. The van der Waals surface area contributed by atoms with Crippen LogP contribution in [0.25, 0.3) is 10.8 Å². The second kappa shape index (κ2) is 5.63. The van der Waals surface area contributed by atoms with E-state index in [2.05, 4.69) is 9.88 Å². The topological polar surface area (TPSA) is 73.7 Å². The van der Waals surface area contributed by atoms with Gasteiger partial charge in [0.25, 0.3) is 0 Å². The molecule has 0 unspecified atom stereocenters. The van der Waals surface area contributed by atoms with E-state index in [1.54, 1.807) is 31.3 Å². The molecule has 0 bridgehead atoms. The molecule has 1 amide bonds. The molecule has 0 atom stereocenters. The number of nitrogens with zero attached hydrogens (tertiary/aromatic N) is 3. The van der Waals surface area contributed by atoms with E-state index in [0.29, 0.717) is 31.6 Å². The van der Waals surface area contributed by atoms with Crippen molar-refractivity contribution in [2.75, 3.05) is 31.1 Å². The van der Waals surface area contributed by atoms with Gasteiger partial charge in [0.05, 0.1) is 5.56 Å². The van der Waals surface area contributed by atoms with Crippen molar-refractivity contribution < 1.29 is 14.7 Å². The van der Waals surface area contributed by atoms with Crippen molar-refractivity contribution in [3.05, 3.63) is 36.0 Å². The monoisotopic (exact) mass is 299 g/mol. The number of aromatic carboxylic acids is 1. The maximum absolute atomic E-state index is 11.4. The average Bonchev–Trinajstić information content (AvgIpc) is 2.53. The minimum Gasteiger partial charge on any atom is -0.478 e. The summed E-state index contributed by atoms with van der Waals surface area (Å²) < 4.78 is 0. The molecule has 1 N–H and O–H groups in total. The first kappa shape index (κ1) is 14.3. The Hall–Kier alpha value is -2.63. The zero-order chi connectivity index (χ0) is 15.7. The Labute approximate surface area is 128 Å². The fraction of sp³-hybridized carbons (Fsp3) is 0.312. The number of anilines is 1. The van der Waals surface area contributed by atoms with Crippen molar-refractivity contribution in [2.24, 2.45) is 0 Å². The smallest absolute Gasteiger partial charge is 0.336 e. The highest BCUT2D eigenvalue weighted by Crippen LogP contribution is 2.27. The molecular weight excluding hydrogens is 282 g/mol. The van der Waals surface area contributed by atoms with E-state index in [1.807, 2.05) is 11.0 Å². The number of carboxylic acid groups (broad SMARTS) is 1. The van der Waals surface area contributed by atoms with Gasteiger partial charge in [-0.15, -0.1) is 0 Å². The van der Waals surface area contributed by atoms with E-state index in [1.165, 1.54) is 0 Å². The van der Waals surface area contributed by atoms with Crippen LogP contribution in [0.5, 0.6) is 0 Å². The fourth-order valence-corrected chi connectivity index (χ4v) is 2.86. The van der Waals surface area contributed by atoms with Gasteiger partial charge in [-0.25, -0.2) is 9.78 Å². The van der Waals surface area contributed by atoms with Crippen LogP contribution in [-0.2, 0) is 4.79 Å². The average molecular weight is 299 g/mol. The largest absolute Gasteiger partial charge is 0.478 e. The summed E-state index contributed by atoms with van der Waals surface area (Å²) in [5, 5.41) is 10.8. The SMILES string of the molecule is CC(=O)N1CCN(c2nccc3c(C(=O)O)cccc23)CC1. The van der Waals surface area contributed by atoms with E-state index in [9.17, 15) is 14.7 Å². The predicted molar refractivity (Wildman–Crippen MR) is 83.2 cm³/mol. The zero-order valence-electron chi connectivity index (χ0n) is 12.3. The molecule has 6 nitrogen and oxygen atoms in total. The summed E-state index contributed by atoms with van der Waals surface area (Å²) in [7, 11) is 0. The fourth-order valence-electron chi connectivity index (χ4n) is 2.86. The van der Waals surface area contributed by atoms with Crippen molar-refractivity contribution in [2.45, 2.75) is 6.92 Å². The second-order valence-electron chi connectivity index (χ2n) is 5.33. The van der Waals surface area contributed by atoms with Gasteiger partial charge in [0, 0.05) is 50.1 Å². The van der Waals surface area contributed by atoms with Gasteiger partial charge in [-0.2, -0.15) is 0 Å². The van der Waals surface area contributed by atoms with Crippen LogP contribution in [0, 0.1) is 0 Å². The molecule has 3 rings (SSSR count). The number of carboxylic acids is 1. The van der Waals surface area contributed by atoms with Gasteiger partial charge < -0.3 is 14.9 Å². The van der Waals surface area contributed by atoms with Gasteiger partial charge in [0.1, 0.15) is 5.82 Å². The molecule has 1 aromatic heterocycles. The number of fused-ring (bicyclic) bond motifs is 1. The lowest BCUT2D eigenvalue weighted by atomic mass is 10.1. The zero-order valence-corrected chi connectivity index (χ0v) is 12.3. The van der Waals surface area contributed by atoms with Crippen molar-refractivity contribution >= 4 is 28.5 Å². The van der Waals surface area contributed by atoms with E-state index in [-0.39, 0.29) is 11.5 Å². The summed E-state index contributed by atoms with van der Waals surface area (Å²) in [5.74, 6) is -0.0772. The van der Waals surface area contributed by atoms with Crippen LogP contribution in [-0.4, -0.2) is 53.0 Å². The summed E-state index contributed by atoms with van der Waals surface area (Å²) in [6.45, 7) is 4.29. The first-order valence-electron chi connectivity index (χ1n) is 7.19. The molecule has 114 valence electrons. The standard InChI is InChI=1S/C16H17N3O3/c1-11(20)18-7-9-19(10-8-18)15-13-3-2-4-14(16(21)22)12(13)5-6-17-15/h2-6H,7-10H2,1H3,(H,21,22). The highest BCUT2D eigenvalue weighted by Gasteiger charge is 2.21. The van der Waals surface area contributed by atoms with Crippen LogP contribution in [0.4, 0.5) is 5.82 Å². The Morgan fingerprint density at radius 3 is 2.45 bits per heavy atom. The Morgan fingerprint density at radius 1 is 1.09 bits per heavy atom. The van der Waals surface area contributed by atoms with Gasteiger partial charge in [-0.05, 0) is 12.1 Å². The predicted octanol–water partition coefficient (Wildman–Crippen LogP) is 1.60. The van der Waals surface area contributed by atoms with Crippen LogP contribution in [0.3, 0.4) is 0 Å². The highest BCUT2D eigenvalue weighted by atomic mass is 16.4. The molecule has 2 aromatic rings. The number of carbonyl (C=O) groups excluding carboxylic acids is 1. The number of pyridine rings is 1. The van der Waals surface area contributed by atoms with Gasteiger partial charge in [0.2, 0.25) is 5.91 Å². The van der Waals surface area contributed by atoms with Crippen molar-refractivity contribution in [3.8, 4) is 0 Å². The van der Waals surface area contributed by atoms with Gasteiger partial charge in [-0.3, -0.25) is 4.79 Å². The van der Waals surface area contributed by atoms with Gasteiger partial charge >= 0.3 is 5.97 Å². The lowest BCUT2D eigenvalue weighted by molar-refractivity contribution is -0.129. The lowest BCUT2D eigenvalue weighted by Crippen LogP contribution is -2.48. The Kier molecular flexibility index (Phi) is 3.66. The van der Waals surface area contributed by atoms with E-state index in [0.717, 1.165) is 11.2 Å². The number of benzene rings is 1. The van der Waals surface area contributed by atoms with Crippen molar-refractivity contribution in [1.82, 2.24) is 9.88 Å². The summed E-state index contributed by atoms with van der Waals surface area (Å²) in [6, 6.07) is 6.96. The molecule has 1 aliphatic heterocycles. The van der Waals surface area contributed by atoms with Gasteiger partial charge in [-0.1, -0.05) is 12.1 Å². The van der Waals surface area contributed by atoms with E-state index < -0.39 is 5.97 Å². The molecule has 22 heavy (non-hydrogen) atoms. The molecule has 1 saturated heterocycles. The molecule has 1 aromatic carbocycles. The second-order valence-corrected chi connectivity index (χ2v) is 5.33. The Bertz CT molecular complexity index is 736.